The fraction of sp³-hybridized carbons (Fsp3) is 0.364. The molecule has 98 valence electrons. The molecule has 0 spiro atoms. The smallest absolute Gasteiger partial charge is 0.318 e. The number of aromatic nitrogens is 2. The van der Waals surface area contributed by atoms with Crippen molar-refractivity contribution in [2.24, 2.45) is 0 Å². The first kappa shape index (κ1) is 13.7. The van der Waals surface area contributed by atoms with E-state index in [1.165, 1.54) is 0 Å². The molecule has 0 bridgehead atoms. The van der Waals surface area contributed by atoms with Crippen molar-refractivity contribution in [3.05, 3.63) is 28.5 Å². The molecular weight excluding hydrogens is 332 g/mol. The standard InChI is InChI=1S/C11H9BrClF3N2/c1-6(13)10-17-8-4-7(12)2-3-9(8)18(10)5-11(14,15)16/h2-4,6H,5H2,1H3. The monoisotopic (exact) mass is 340 g/mol. The molecule has 0 aliphatic carbocycles. The summed E-state index contributed by atoms with van der Waals surface area (Å²) in [5.74, 6) is 0.224. The number of rotatable bonds is 2. The van der Waals surface area contributed by atoms with Crippen molar-refractivity contribution in [3.8, 4) is 0 Å². The number of hydrogen-bond donors (Lipinski definition) is 0. The van der Waals surface area contributed by atoms with Gasteiger partial charge in [0.1, 0.15) is 12.4 Å². The summed E-state index contributed by atoms with van der Waals surface area (Å²) in [5.41, 5.74) is 0.925. The molecule has 2 aromatic rings. The van der Waals surface area contributed by atoms with Crippen LogP contribution in [0.5, 0.6) is 0 Å². The molecule has 0 saturated carbocycles. The van der Waals surface area contributed by atoms with E-state index >= 15 is 0 Å². The Hall–Kier alpha value is -0.750. The predicted molar refractivity (Wildman–Crippen MR) is 67.8 cm³/mol. The van der Waals surface area contributed by atoms with E-state index in [1.54, 1.807) is 25.1 Å². The van der Waals surface area contributed by atoms with Gasteiger partial charge in [-0.2, -0.15) is 13.2 Å². The Morgan fingerprint density at radius 3 is 2.67 bits per heavy atom. The van der Waals surface area contributed by atoms with Crippen LogP contribution in [0.4, 0.5) is 13.2 Å². The summed E-state index contributed by atoms with van der Waals surface area (Å²) in [4.78, 5) is 4.16. The molecule has 18 heavy (non-hydrogen) atoms. The molecule has 0 saturated heterocycles. The topological polar surface area (TPSA) is 17.8 Å². The van der Waals surface area contributed by atoms with Gasteiger partial charge >= 0.3 is 6.18 Å². The minimum atomic E-state index is -4.30. The van der Waals surface area contributed by atoms with Crippen LogP contribution in [0.1, 0.15) is 18.1 Å². The summed E-state index contributed by atoms with van der Waals surface area (Å²) >= 11 is 9.15. The summed E-state index contributed by atoms with van der Waals surface area (Å²) in [7, 11) is 0. The van der Waals surface area contributed by atoms with E-state index in [1.807, 2.05) is 0 Å². The van der Waals surface area contributed by atoms with E-state index in [-0.39, 0.29) is 5.82 Å². The zero-order valence-corrected chi connectivity index (χ0v) is 11.6. The maximum atomic E-state index is 12.6. The van der Waals surface area contributed by atoms with Gasteiger partial charge in [0.15, 0.2) is 0 Å². The zero-order valence-electron chi connectivity index (χ0n) is 9.30. The molecule has 2 rings (SSSR count). The van der Waals surface area contributed by atoms with E-state index in [0.29, 0.717) is 11.0 Å². The fourth-order valence-electron chi connectivity index (χ4n) is 1.77. The van der Waals surface area contributed by atoms with Crippen LogP contribution in [-0.2, 0) is 6.54 Å². The highest BCUT2D eigenvalue weighted by atomic mass is 79.9. The average molecular weight is 342 g/mol. The maximum absolute atomic E-state index is 12.6. The van der Waals surface area contributed by atoms with Crippen molar-refractivity contribution in [1.82, 2.24) is 9.55 Å². The van der Waals surface area contributed by atoms with E-state index in [2.05, 4.69) is 20.9 Å². The molecule has 0 amide bonds. The molecule has 0 aliphatic rings. The van der Waals surface area contributed by atoms with E-state index in [9.17, 15) is 13.2 Å². The third-order valence-corrected chi connectivity index (χ3v) is 3.12. The van der Waals surface area contributed by atoms with Gasteiger partial charge in [0.2, 0.25) is 0 Å². The number of imidazole rings is 1. The van der Waals surface area contributed by atoms with Crippen molar-refractivity contribution in [3.63, 3.8) is 0 Å². The van der Waals surface area contributed by atoms with Crippen molar-refractivity contribution < 1.29 is 13.2 Å². The highest BCUT2D eigenvalue weighted by Gasteiger charge is 2.31. The molecule has 0 radical (unpaired) electrons. The molecule has 0 aliphatic heterocycles. The maximum Gasteiger partial charge on any atom is 0.406 e. The second-order valence-electron chi connectivity index (χ2n) is 3.92. The van der Waals surface area contributed by atoms with Gasteiger partial charge < -0.3 is 4.57 Å². The Bertz CT molecular complexity index is 577. The lowest BCUT2D eigenvalue weighted by Crippen LogP contribution is -2.19. The molecule has 1 aromatic carbocycles. The molecular formula is C11H9BrClF3N2. The molecule has 7 heteroatoms. The zero-order chi connectivity index (χ0) is 13.5. The first-order valence-electron chi connectivity index (χ1n) is 5.14. The fourth-order valence-corrected chi connectivity index (χ4v) is 2.29. The number of nitrogens with zero attached hydrogens (tertiary/aromatic N) is 2. The Morgan fingerprint density at radius 1 is 1.44 bits per heavy atom. The number of alkyl halides is 4. The second-order valence-corrected chi connectivity index (χ2v) is 5.49. The van der Waals surface area contributed by atoms with Crippen LogP contribution in [0.15, 0.2) is 22.7 Å². The summed E-state index contributed by atoms with van der Waals surface area (Å²) in [5, 5.41) is -0.585. The van der Waals surface area contributed by atoms with E-state index in [0.717, 1.165) is 9.04 Å². The van der Waals surface area contributed by atoms with Crippen LogP contribution >= 0.6 is 27.5 Å². The van der Waals surface area contributed by atoms with Gasteiger partial charge in [0.05, 0.1) is 16.4 Å². The lowest BCUT2D eigenvalue weighted by molar-refractivity contribution is -0.140. The molecule has 1 aromatic heterocycles. The van der Waals surface area contributed by atoms with Crippen LogP contribution < -0.4 is 0 Å². The highest BCUT2D eigenvalue weighted by Crippen LogP contribution is 2.29. The quantitative estimate of drug-likeness (QED) is 0.726. The first-order chi connectivity index (χ1) is 8.28. The van der Waals surface area contributed by atoms with Crippen molar-refractivity contribution in [1.29, 1.82) is 0 Å². The molecule has 0 fully saturated rings. The van der Waals surface area contributed by atoms with Crippen LogP contribution in [0, 0.1) is 0 Å². The van der Waals surface area contributed by atoms with Gasteiger partial charge in [-0.05, 0) is 25.1 Å². The Labute approximate surface area is 115 Å². The second kappa shape index (κ2) is 4.74. The molecule has 1 heterocycles. The summed E-state index contributed by atoms with van der Waals surface area (Å²) in [6.07, 6.45) is -4.30. The van der Waals surface area contributed by atoms with Crippen molar-refractivity contribution in [2.45, 2.75) is 25.0 Å². The van der Waals surface area contributed by atoms with Crippen LogP contribution in [0.25, 0.3) is 11.0 Å². The molecule has 0 N–H and O–H groups in total. The lowest BCUT2D eigenvalue weighted by Gasteiger charge is -2.12. The number of benzene rings is 1. The summed E-state index contributed by atoms with van der Waals surface area (Å²) in [6, 6.07) is 4.95. The van der Waals surface area contributed by atoms with Crippen molar-refractivity contribution >= 4 is 38.6 Å². The number of hydrogen-bond acceptors (Lipinski definition) is 1. The van der Waals surface area contributed by atoms with Gasteiger partial charge in [-0.3, -0.25) is 0 Å². The Kier molecular flexibility index (Phi) is 3.60. The van der Waals surface area contributed by atoms with Gasteiger partial charge in [0, 0.05) is 4.47 Å². The molecule has 2 nitrogen and oxygen atoms in total. The SMILES string of the molecule is CC(Cl)c1nc2cc(Br)ccc2n1CC(F)(F)F. The van der Waals surface area contributed by atoms with Crippen molar-refractivity contribution in [2.75, 3.05) is 0 Å². The number of halogens is 5. The first-order valence-corrected chi connectivity index (χ1v) is 6.37. The summed E-state index contributed by atoms with van der Waals surface area (Å²) in [6.45, 7) is 0.516. The van der Waals surface area contributed by atoms with Gasteiger partial charge in [0.25, 0.3) is 0 Å². The molecule has 1 unspecified atom stereocenters. The average Bonchev–Trinajstić information content (AvgIpc) is 2.54. The normalized spacial score (nSPS) is 14.1. The lowest BCUT2D eigenvalue weighted by atomic mass is 10.3. The largest absolute Gasteiger partial charge is 0.406 e. The number of fused-ring (bicyclic) bond motifs is 1. The third kappa shape index (κ3) is 2.80. The minimum Gasteiger partial charge on any atom is -0.318 e. The third-order valence-electron chi connectivity index (χ3n) is 2.43. The van der Waals surface area contributed by atoms with Gasteiger partial charge in [-0.25, -0.2) is 4.98 Å². The summed E-state index contributed by atoms with van der Waals surface area (Å²) < 4.78 is 39.6. The Balaban J connectivity index is 2.63. The van der Waals surface area contributed by atoms with Gasteiger partial charge in [-0.1, -0.05) is 15.9 Å². The van der Waals surface area contributed by atoms with Crippen LogP contribution in [0.2, 0.25) is 0 Å². The van der Waals surface area contributed by atoms with Crippen LogP contribution in [0.3, 0.4) is 0 Å². The highest BCUT2D eigenvalue weighted by molar-refractivity contribution is 9.10. The predicted octanol–water partition coefficient (Wildman–Crippen LogP) is 4.66. The Morgan fingerprint density at radius 2 is 2.11 bits per heavy atom. The van der Waals surface area contributed by atoms with E-state index in [4.69, 9.17) is 11.6 Å². The van der Waals surface area contributed by atoms with Crippen LogP contribution in [-0.4, -0.2) is 15.7 Å². The van der Waals surface area contributed by atoms with E-state index < -0.39 is 18.1 Å². The molecule has 1 atom stereocenters. The van der Waals surface area contributed by atoms with Gasteiger partial charge in [-0.15, -0.1) is 11.6 Å². The minimum absolute atomic E-state index is 0.224.